The summed E-state index contributed by atoms with van der Waals surface area (Å²) in [6.07, 6.45) is 0. The minimum atomic E-state index is -0.124. The third kappa shape index (κ3) is 2.78. The molecular formula is C12H23N3O2. The van der Waals surface area contributed by atoms with Crippen LogP contribution in [-0.2, 0) is 9.53 Å². The highest BCUT2D eigenvalue weighted by molar-refractivity contribution is 5.80. The van der Waals surface area contributed by atoms with Crippen molar-refractivity contribution in [2.45, 2.75) is 25.9 Å². The van der Waals surface area contributed by atoms with Crippen LogP contribution >= 0.6 is 0 Å². The van der Waals surface area contributed by atoms with Gasteiger partial charge in [-0.15, -0.1) is 0 Å². The summed E-state index contributed by atoms with van der Waals surface area (Å²) in [6, 6.07) is 0.440. The molecule has 2 aliphatic heterocycles. The van der Waals surface area contributed by atoms with Gasteiger partial charge in [0.05, 0.1) is 19.1 Å². The fourth-order valence-corrected chi connectivity index (χ4v) is 2.52. The summed E-state index contributed by atoms with van der Waals surface area (Å²) in [5.41, 5.74) is 5.88. The molecule has 0 bridgehead atoms. The highest BCUT2D eigenvalue weighted by Crippen LogP contribution is 2.16. The molecule has 2 heterocycles. The zero-order valence-electron chi connectivity index (χ0n) is 10.8. The highest BCUT2D eigenvalue weighted by atomic mass is 16.5. The molecule has 0 radical (unpaired) electrons. The Morgan fingerprint density at radius 1 is 1.24 bits per heavy atom. The number of amides is 1. The maximum absolute atomic E-state index is 12.2. The summed E-state index contributed by atoms with van der Waals surface area (Å²) in [5.74, 6) is 0.0546. The molecule has 2 rings (SSSR count). The van der Waals surface area contributed by atoms with E-state index in [0.717, 1.165) is 26.2 Å². The first-order valence-corrected chi connectivity index (χ1v) is 6.45. The second kappa shape index (κ2) is 5.33. The van der Waals surface area contributed by atoms with Crippen LogP contribution in [0.25, 0.3) is 0 Å². The SMILES string of the molecule is CC(C)N1CCN(C(=O)C2COCC2N)CC1. The van der Waals surface area contributed by atoms with Crippen molar-refractivity contribution in [2.75, 3.05) is 39.4 Å². The largest absolute Gasteiger partial charge is 0.379 e. The van der Waals surface area contributed by atoms with Crippen LogP contribution in [0.5, 0.6) is 0 Å². The van der Waals surface area contributed by atoms with E-state index < -0.39 is 0 Å². The molecule has 5 heteroatoms. The number of hydrogen-bond donors (Lipinski definition) is 1. The summed E-state index contributed by atoms with van der Waals surface area (Å²) in [5, 5.41) is 0. The van der Waals surface area contributed by atoms with Gasteiger partial charge >= 0.3 is 0 Å². The summed E-state index contributed by atoms with van der Waals surface area (Å²) in [6.45, 7) is 8.96. The Morgan fingerprint density at radius 2 is 1.88 bits per heavy atom. The minimum absolute atomic E-state index is 0.120. The maximum atomic E-state index is 12.2. The molecule has 2 saturated heterocycles. The van der Waals surface area contributed by atoms with Crippen molar-refractivity contribution in [3.63, 3.8) is 0 Å². The molecule has 5 nitrogen and oxygen atoms in total. The van der Waals surface area contributed by atoms with Gasteiger partial charge < -0.3 is 15.4 Å². The predicted octanol–water partition coefficient (Wildman–Crippen LogP) is -0.487. The van der Waals surface area contributed by atoms with Crippen LogP contribution in [0, 0.1) is 5.92 Å². The van der Waals surface area contributed by atoms with Gasteiger partial charge in [0.25, 0.3) is 0 Å². The lowest BCUT2D eigenvalue weighted by Gasteiger charge is -2.38. The number of piperazine rings is 1. The lowest BCUT2D eigenvalue weighted by Crippen LogP contribution is -2.53. The Balaban J connectivity index is 1.86. The number of nitrogens with zero attached hydrogens (tertiary/aromatic N) is 2. The molecule has 0 aromatic carbocycles. The molecule has 2 N–H and O–H groups in total. The molecule has 0 spiro atoms. The number of hydrogen-bond acceptors (Lipinski definition) is 4. The lowest BCUT2D eigenvalue weighted by atomic mass is 10.0. The number of nitrogens with two attached hydrogens (primary N) is 1. The summed E-state index contributed by atoms with van der Waals surface area (Å²) >= 11 is 0. The van der Waals surface area contributed by atoms with E-state index >= 15 is 0 Å². The van der Waals surface area contributed by atoms with Crippen LogP contribution in [-0.4, -0.2) is 67.2 Å². The Kier molecular flexibility index (Phi) is 4.01. The molecule has 2 unspecified atom stereocenters. The van der Waals surface area contributed by atoms with Crippen LogP contribution < -0.4 is 5.73 Å². The fraction of sp³-hybridized carbons (Fsp3) is 0.917. The van der Waals surface area contributed by atoms with Gasteiger partial charge in [0.1, 0.15) is 0 Å². The zero-order chi connectivity index (χ0) is 12.4. The molecule has 1 amide bonds. The third-order valence-corrected chi connectivity index (χ3v) is 3.80. The van der Waals surface area contributed by atoms with Crippen molar-refractivity contribution in [3.05, 3.63) is 0 Å². The van der Waals surface area contributed by atoms with Crippen LogP contribution in [0.2, 0.25) is 0 Å². The van der Waals surface area contributed by atoms with Crippen molar-refractivity contribution in [2.24, 2.45) is 11.7 Å². The van der Waals surface area contributed by atoms with Gasteiger partial charge in [-0.2, -0.15) is 0 Å². The molecule has 0 aromatic heterocycles. The lowest BCUT2D eigenvalue weighted by molar-refractivity contribution is -0.137. The van der Waals surface area contributed by atoms with Gasteiger partial charge in [0.2, 0.25) is 5.91 Å². The molecular weight excluding hydrogens is 218 g/mol. The number of carbonyl (C=O) groups excluding carboxylic acids is 1. The van der Waals surface area contributed by atoms with Gasteiger partial charge in [0.15, 0.2) is 0 Å². The molecule has 0 aromatic rings. The molecule has 2 aliphatic rings. The summed E-state index contributed by atoms with van der Waals surface area (Å²) in [4.78, 5) is 16.6. The first-order valence-electron chi connectivity index (χ1n) is 6.45. The Labute approximate surface area is 103 Å². The predicted molar refractivity (Wildman–Crippen MR) is 65.6 cm³/mol. The summed E-state index contributed by atoms with van der Waals surface area (Å²) < 4.78 is 5.26. The van der Waals surface area contributed by atoms with Crippen molar-refractivity contribution < 1.29 is 9.53 Å². The normalized spacial score (nSPS) is 31.2. The third-order valence-electron chi connectivity index (χ3n) is 3.80. The van der Waals surface area contributed by atoms with Gasteiger partial charge in [-0.25, -0.2) is 0 Å². The Bertz CT molecular complexity index is 275. The molecule has 2 atom stereocenters. The molecule has 0 aliphatic carbocycles. The second-order valence-corrected chi connectivity index (χ2v) is 5.26. The summed E-state index contributed by atoms with van der Waals surface area (Å²) in [7, 11) is 0. The molecule has 98 valence electrons. The van der Waals surface area contributed by atoms with Crippen LogP contribution in [0.4, 0.5) is 0 Å². The number of rotatable bonds is 2. The average Bonchev–Trinajstić information content (AvgIpc) is 2.74. The number of ether oxygens (including phenoxy) is 1. The van der Waals surface area contributed by atoms with E-state index in [1.165, 1.54) is 0 Å². The van der Waals surface area contributed by atoms with Crippen LogP contribution in [0.15, 0.2) is 0 Å². The second-order valence-electron chi connectivity index (χ2n) is 5.26. The Hall–Kier alpha value is -0.650. The van der Waals surface area contributed by atoms with Crippen molar-refractivity contribution in [1.29, 1.82) is 0 Å². The quantitative estimate of drug-likeness (QED) is 0.709. The standard InChI is InChI=1S/C12H23N3O2/c1-9(2)14-3-5-15(6-4-14)12(16)10-7-17-8-11(10)13/h9-11H,3-8,13H2,1-2H3. The van der Waals surface area contributed by atoms with Gasteiger partial charge in [-0.05, 0) is 13.8 Å². The van der Waals surface area contributed by atoms with Crippen molar-refractivity contribution >= 4 is 5.91 Å². The smallest absolute Gasteiger partial charge is 0.229 e. The maximum Gasteiger partial charge on any atom is 0.229 e. The first-order chi connectivity index (χ1) is 8.09. The van der Waals surface area contributed by atoms with E-state index in [9.17, 15) is 4.79 Å². The van der Waals surface area contributed by atoms with E-state index in [-0.39, 0.29) is 17.9 Å². The fourth-order valence-electron chi connectivity index (χ4n) is 2.52. The van der Waals surface area contributed by atoms with E-state index in [1.54, 1.807) is 0 Å². The zero-order valence-corrected chi connectivity index (χ0v) is 10.8. The highest BCUT2D eigenvalue weighted by Gasteiger charge is 2.35. The topological polar surface area (TPSA) is 58.8 Å². The van der Waals surface area contributed by atoms with Gasteiger partial charge in [-0.3, -0.25) is 9.69 Å². The average molecular weight is 241 g/mol. The van der Waals surface area contributed by atoms with Gasteiger partial charge in [-0.1, -0.05) is 0 Å². The van der Waals surface area contributed by atoms with Crippen LogP contribution in [0.1, 0.15) is 13.8 Å². The Morgan fingerprint density at radius 3 is 2.35 bits per heavy atom. The van der Waals surface area contributed by atoms with Crippen molar-refractivity contribution in [3.8, 4) is 0 Å². The first kappa shape index (κ1) is 12.8. The number of carbonyl (C=O) groups is 1. The van der Waals surface area contributed by atoms with E-state index in [0.29, 0.717) is 19.3 Å². The van der Waals surface area contributed by atoms with E-state index in [4.69, 9.17) is 10.5 Å². The molecule has 2 fully saturated rings. The van der Waals surface area contributed by atoms with E-state index in [1.807, 2.05) is 4.90 Å². The van der Waals surface area contributed by atoms with Crippen molar-refractivity contribution in [1.82, 2.24) is 9.80 Å². The van der Waals surface area contributed by atoms with E-state index in [2.05, 4.69) is 18.7 Å². The van der Waals surface area contributed by atoms with Crippen LogP contribution in [0.3, 0.4) is 0 Å². The molecule has 0 saturated carbocycles. The van der Waals surface area contributed by atoms with Gasteiger partial charge in [0, 0.05) is 38.3 Å². The minimum Gasteiger partial charge on any atom is -0.379 e. The monoisotopic (exact) mass is 241 g/mol. The molecule has 17 heavy (non-hydrogen) atoms.